The molecular formula is C13H12ClN5OS. The summed E-state index contributed by atoms with van der Waals surface area (Å²) in [6, 6.07) is 7.35. The van der Waals surface area contributed by atoms with Gasteiger partial charge in [0.05, 0.1) is 0 Å². The Kier molecular flexibility index (Phi) is 3.96. The number of fused-ring (bicyclic) bond motifs is 1. The second kappa shape index (κ2) is 5.88. The first-order valence-corrected chi connectivity index (χ1v) is 7.56. The Bertz CT molecular complexity index is 844. The van der Waals surface area contributed by atoms with Crippen LogP contribution in [0.15, 0.2) is 29.1 Å². The van der Waals surface area contributed by atoms with Crippen molar-refractivity contribution in [1.82, 2.24) is 19.8 Å². The third-order valence-electron chi connectivity index (χ3n) is 2.97. The number of nitrogens with zero attached hydrogens (tertiary/aromatic N) is 4. The van der Waals surface area contributed by atoms with Crippen molar-refractivity contribution in [3.8, 4) is 0 Å². The summed E-state index contributed by atoms with van der Waals surface area (Å²) >= 11 is 7.43. The van der Waals surface area contributed by atoms with E-state index < -0.39 is 0 Å². The zero-order valence-electron chi connectivity index (χ0n) is 11.0. The Hall–Kier alpha value is -1.83. The lowest BCUT2D eigenvalue weighted by Crippen LogP contribution is -2.22. The first kappa shape index (κ1) is 14.1. The topological polar surface area (TPSA) is 86.2 Å². The molecule has 108 valence electrons. The van der Waals surface area contributed by atoms with Crippen LogP contribution in [-0.2, 0) is 12.8 Å². The fourth-order valence-electron chi connectivity index (χ4n) is 1.94. The Labute approximate surface area is 129 Å². The van der Waals surface area contributed by atoms with Crippen molar-refractivity contribution in [3.63, 3.8) is 0 Å². The zero-order valence-corrected chi connectivity index (χ0v) is 12.6. The lowest BCUT2D eigenvalue weighted by molar-refractivity contribution is 0.785. The van der Waals surface area contributed by atoms with E-state index in [9.17, 15) is 4.79 Å². The Morgan fingerprint density at radius 2 is 2.10 bits per heavy atom. The van der Waals surface area contributed by atoms with Crippen molar-refractivity contribution in [2.24, 2.45) is 5.73 Å². The van der Waals surface area contributed by atoms with Gasteiger partial charge in [-0.05, 0) is 18.2 Å². The van der Waals surface area contributed by atoms with Gasteiger partial charge in [0, 0.05) is 17.9 Å². The average molecular weight is 322 g/mol. The van der Waals surface area contributed by atoms with Gasteiger partial charge in [-0.2, -0.15) is 9.61 Å². The van der Waals surface area contributed by atoms with Gasteiger partial charge in [0.15, 0.2) is 0 Å². The van der Waals surface area contributed by atoms with E-state index in [1.54, 1.807) is 6.07 Å². The highest BCUT2D eigenvalue weighted by Gasteiger charge is 2.13. The number of nitrogens with two attached hydrogens (primary N) is 1. The standard InChI is InChI=1S/C13H12ClN5OS/c14-9-4-2-1-3-8(9)7-10-12(20)19-13(17-16-10)21-11(18-19)5-6-15/h1-4H,5-7,15H2. The zero-order chi connectivity index (χ0) is 14.8. The second-order valence-corrected chi connectivity index (χ2v) is 5.90. The van der Waals surface area contributed by atoms with Crippen molar-refractivity contribution in [2.45, 2.75) is 12.8 Å². The maximum Gasteiger partial charge on any atom is 0.297 e. The fraction of sp³-hybridized carbons (Fsp3) is 0.231. The number of hydrogen-bond donors (Lipinski definition) is 1. The minimum atomic E-state index is -0.264. The molecule has 2 aromatic heterocycles. The van der Waals surface area contributed by atoms with Crippen LogP contribution in [0.4, 0.5) is 0 Å². The molecule has 3 aromatic rings. The molecule has 21 heavy (non-hydrogen) atoms. The van der Waals surface area contributed by atoms with Gasteiger partial charge in [0.25, 0.3) is 5.56 Å². The molecule has 0 fully saturated rings. The van der Waals surface area contributed by atoms with E-state index in [0.717, 1.165) is 10.6 Å². The summed E-state index contributed by atoms with van der Waals surface area (Å²) in [5.74, 6) is 0. The molecule has 0 aliphatic heterocycles. The molecule has 0 aliphatic carbocycles. The van der Waals surface area contributed by atoms with E-state index in [4.69, 9.17) is 17.3 Å². The van der Waals surface area contributed by atoms with Gasteiger partial charge in [-0.25, -0.2) is 0 Å². The van der Waals surface area contributed by atoms with Crippen LogP contribution in [0.1, 0.15) is 16.3 Å². The van der Waals surface area contributed by atoms with Crippen molar-refractivity contribution in [3.05, 3.63) is 55.9 Å². The van der Waals surface area contributed by atoms with Crippen LogP contribution in [0.3, 0.4) is 0 Å². The predicted octanol–water partition coefficient (Wildman–Crippen LogP) is 1.29. The maximum absolute atomic E-state index is 12.4. The van der Waals surface area contributed by atoms with E-state index in [2.05, 4.69) is 15.3 Å². The summed E-state index contributed by atoms with van der Waals surface area (Å²) in [4.78, 5) is 12.9. The number of halogens is 1. The molecule has 0 bridgehead atoms. The SMILES string of the molecule is NCCc1nn2c(=O)c(Cc3ccccc3Cl)nnc2s1. The smallest absolute Gasteiger partial charge is 0.297 e. The van der Waals surface area contributed by atoms with Crippen LogP contribution in [0.5, 0.6) is 0 Å². The third kappa shape index (κ3) is 2.80. The number of benzene rings is 1. The van der Waals surface area contributed by atoms with Crippen molar-refractivity contribution in [2.75, 3.05) is 6.54 Å². The van der Waals surface area contributed by atoms with Crippen LogP contribution in [0.25, 0.3) is 4.96 Å². The highest BCUT2D eigenvalue weighted by Crippen LogP contribution is 2.17. The Morgan fingerprint density at radius 1 is 1.29 bits per heavy atom. The highest BCUT2D eigenvalue weighted by molar-refractivity contribution is 7.16. The molecule has 0 saturated carbocycles. The summed E-state index contributed by atoms with van der Waals surface area (Å²) in [7, 11) is 0. The van der Waals surface area contributed by atoms with Gasteiger partial charge < -0.3 is 5.73 Å². The predicted molar refractivity (Wildman–Crippen MR) is 81.9 cm³/mol. The minimum Gasteiger partial charge on any atom is -0.330 e. The molecule has 0 unspecified atom stereocenters. The van der Waals surface area contributed by atoms with E-state index >= 15 is 0 Å². The number of aromatic nitrogens is 4. The average Bonchev–Trinajstić information content (AvgIpc) is 2.88. The number of rotatable bonds is 4. The van der Waals surface area contributed by atoms with Crippen LogP contribution in [0, 0.1) is 0 Å². The summed E-state index contributed by atoms with van der Waals surface area (Å²) < 4.78 is 1.29. The van der Waals surface area contributed by atoms with Gasteiger partial charge in [-0.15, -0.1) is 10.2 Å². The van der Waals surface area contributed by atoms with E-state index in [0.29, 0.717) is 35.1 Å². The fourth-order valence-corrected chi connectivity index (χ4v) is 2.99. The molecule has 2 N–H and O–H groups in total. The molecule has 3 rings (SSSR count). The molecule has 8 heteroatoms. The van der Waals surface area contributed by atoms with E-state index in [1.165, 1.54) is 15.9 Å². The highest BCUT2D eigenvalue weighted by atomic mass is 35.5. The molecule has 2 heterocycles. The molecule has 6 nitrogen and oxygen atoms in total. The number of hydrogen-bond acceptors (Lipinski definition) is 6. The minimum absolute atomic E-state index is 0.264. The van der Waals surface area contributed by atoms with Gasteiger partial charge in [0.1, 0.15) is 10.7 Å². The van der Waals surface area contributed by atoms with Gasteiger partial charge in [0.2, 0.25) is 4.96 Å². The van der Waals surface area contributed by atoms with Gasteiger partial charge in [-0.1, -0.05) is 41.1 Å². The Balaban J connectivity index is 2.02. The monoisotopic (exact) mass is 321 g/mol. The third-order valence-corrected chi connectivity index (χ3v) is 4.30. The molecule has 0 saturated heterocycles. The molecular weight excluding hydrogens is 310 g/mol. The second-order valence-electron chi connectivity index (χ2n) is 4.45. The van der Waals surface area contributed by atoms with Gasteiger partial charge in [-0.3, -0.25) is 4.79 Å². The largest absolute Gasteiger partial charge is 0.330 e. The molecule has 1 aromatic carbocycles. The molecule has 0 amide bonds. The summed E-state index contributed by atoms with van der Waals surface area (Å²) in [6.45, 7) is 0.481. The van der Waals surface area contributed by atoms with Gasteiger partial charge >= 0.3 is 0 Å². The summed E-state index contributed by atoms with van der Waals surface area (Å²) in [6.07, 6.45) is 0.950. The molecule has 0 aliphatic rings. The van der Waals surface area contributed by atoms with Crippen LogP contribution >= 0.6 is 22.9 Å². The van der Waals surface area contributed by atoms with Crippen LogP contribution < -0.4 is 11.3 Å². The van der Waals surface area contributed by atoms with Crippen LogP contribution in [-0.4, -0.2) is 26.4 Å². The van der Waals surface area contributed by atoms with Crippen molar-refractivity contribution in [1.29, 1.82) is 0 Å². The summed E-state index contributed by atoms with van der Waals surface area (Å²) in [5.41, 5.74) is 6.39. The lowest BCUT2D eigenvalue weighted by Gasteiger charge is -2.02. The maximum atomic E-state index is 12.4. The first-order chi connectivity index (χ1) is 10.2. The van der Waals surface area contributed by atoms with Crippen LogP contribution in [0.2, 0.25) is 5.02 Å². The normalized spacial score (nSPS) is 11.1. The molecule has 0 radical (unpaired) electrons. The van der Waals surface area contributed by atoms with E-state index in [-0.39, 0.29) is 5.56 Å². The van der Waals surface area contributed by atoms with Crippen molar-refractivity contribution < 1.29 is 0 Å². The quantitative estimate of drug-likeness (QED) is 0.782. The van der Waals surface area contributed by atoms with E-state index in [1.807, 2.05) is 18.2 Å². The molecule has 0 spiro atoms. The lowest BCUT2D eigenvalue weighted by atomic mass is 10.1. The van der Waals surface area contributed by atoms with Crippen molar-refractivity contribution >= 4 is 27.9 Å². The Morgan fingerprint density at radius 3 is 2.86 bits per heavy atom. The first-order valence-electron chi connectivity index (χ1n) is 6.37. The summed E-state index contributed by atoms with van der Waals surface area (Å²) in [5, 5.41) is 13.7. The molecule has 0 atom stereocenters.